The van der Waals surface area contributed by atoms with E-state index in [1.165, 1.54) is 6.20 Å². The van der Waals surface area contributed by atoms with E-state index in [-0.39, 0.29) is 11.8 Å². The molecule has 0 fully saturated rings. The average Bonchev–Trinajstić information content (AvgIpc) is 3.23. The molecule has 3 N–H and O–H groups in total. The minimum absolute atomic E-state index is 0.240. The molecular formula is C29H22FN7O2. The Balaban J connectivity index is 1.64. The van der Waals surface area contributed by atoms with Gasteiger partial charge in [0.15, 0.2) is 5.83 Å². The number of nitrogens with two attached hydrogens (primary N) is 1. The summed E-state index contributed by atoms with van der Waals surface area (Å²) < 4.78 is 20.8. The Labute approximate surface area is 223 Å². The summed E-state index contributed by atoms with van der Waals surface area (Å²) in [5.74, 6) is -1.17. The van der Waals surface area contributed by atoms with Crippen molar-refractivity contribution >= 4 is 28.3 Å². The van der Waals surface area contributed by atoms with Crippen molar-refractivity contribution < 1.29 is 13.9 Å². The first kappa shape index (κ1) is 25.1. The van der Waals surface area contributed by atoms with Gasteiger partial charge in [0.25, 0.3) is 5.91 Å². The largest absolute Gasteiger partial charge is 0.424 e. The molecule has 10 heteroatoms. The zero-order valence-corrected chi connectivity index (χ0v) is 21.1. The minimum Gasteiger partial charge on any atom is -0.424 e. The number of hydrogen-bond acceptors (Lipinski definition) is 7. The number of nitrogens with one attached hydrogen (secondary N) is 1. The molecule has 3 aromatic heterocycles. The standard InChI is InChI=1S/C29H22FN7O2/c1-16-12-13-33-29(35-16)39-22-10-6-18(7-11-22)23-24-26(20(14-31)15-34-27(24)32)37(3)25(23)19-4-8-21(9-5-19)36-28(38)17(2)30/h4-13,15H,2H2,1,3H3,(H2,32,34)(H,36,38). The number of halogens is 1. The molecule has 0 saturated heterocycles. The molecule has 0 radical (unpaired) electrons. The van der Waals surface area contributed by atoms with E-state index in [1.54, 1.807) is 48.7 Å². The first-order chi connectivity index (χ1) is 18.8. The molecule has 0 spiro atoms. The van der Waals surface area contributed by atoms with Gasteiger partial charge in [-0.2, -0.15) is 5.26 Å². The Kier molecular flexibility index (Phi) is 6.48. The first-order valence-electron chi connectivity index (χ1n) is 11.8. The number of nitrogen functional groups attached to an aromatic ring is 1. The van der Waals surface area contributed by atoms with Gasteiger partial charge in [0.1, 0.15) is 17.6 Å². The third-order valence-corrected chi connectivity index (χ3v) is 6.15. The molecule has 0 aliphatic rings. The molecule has 0 saturated carbocycles. The van der Waals surface area contributed by atoms with E-state index < -0.39 is 11.7 Å². The van der Waals surface area contributed by atoms with E-state index in [4.69, 9.17) is 10.5 Å². The number of nitrogens with zero attached hydrogens (tertiary/aromatic N) is 5. The smallest absolute Gasteiger partial charge is 0.322 e. The average molecular weight is 520 g/mol. The summed E-state index contributed by atoms with van der Waals surface area (Å²) >= 11 is 0. The van der Waals surface area contributed by atoms with Crippen molar-refractivity contribution in [3.8, 4) is 40.2 Å². The fraction of sp³-hybridized carbons (Fsp3) is 0.0690. The van der Waals surface area contributed by atoms with Gasteiger partial charge in [-0.3, -0.25) is 4.79 Å². The second-order valence-electron chi connectivity index (χ2n) is 8.72. The maximum absolute atomic E-state index is 13.1. The number of carbonyl (C=O) groups is 1. The fourth-order valence-corrected chi connectivity index (χ4v) is 4.39. The summed E-state index contributed by atoms with van der Waals surface area (Å²) in [5, 5.41) is 12.9. The van der Waals surface area contributed by atoms with E-state index in [2.05, 4.69) is 32.9 Å². The molecule has 9 nitrogen and oxygen atoms in total. The quantitative estimate of drug-likeness (QED) is 0.276. The van der Waals surface area contributed by atoms with Gasteiger partial charge in [0, 0.05) is 36.4 Å². The number of anilines is 2. The third-order valence-electron chi connectivity index (χ3n) is 6.15. The van der Waals surface area contributed by atoms with Crippen molar-refractivity contribution in [2.24, 2.45) is 7.05 Å². The molecule has 5 aromatic rings. The highest BCUT2D eigenvalue weighted by molar-refractivity contribution is 6.11. The van der Waals surface area contributed by atoms with Crippen molar-refractivity contribution in [2.45, 2.75) is 6.92 Å². The number of hydrogen-bond donors (Lipinski definition) is 2. The maximum Gasteiger partial charge on any atom is 0.322 e. The van der Waals surface area contributed by atoms with Crippen molar-refractivity contribution in [3.05, 3.63) is 90.7 Å². The fourth-order valence-electron chi connectivity index (χ4n) is 4.39. The first-order valence-corrected chi connectivity index (χ1v) is 11.8. The Morgan fingerprint density at radius 1 is 1.10 bits per heavy atom. The lowest BCUT2D eigenvalue weighted by Crippen LogP contribution is -2.10. The summed E-state index contributed by atoms with van der Waals surface area (Å²) in [7, 11) is 1.84. The summed E-state index contributed by atoms with van der Waals surface area (Å²) in [5.41, 5.74) is 11.7. The number of aryl methyl sites for hydroxylation is 2. The summed E-state index contributed by atoms with van der Waals surface area (Å²) in [4.78, 5) is 24.4. The highest BCUT2D eigenvalue weighted by Gasteiger charge is 2.23. The Morgan fingerprint density at radius 2 is 1.79 bits per heavy atom. The van der Waals surface area contributed by atoms with Crippen LogP contribution in [0.1, 0.15) is 11.3 Å². The normalized spacial score (nSPS) is 10.7. The summed E-state index contributed by atoms with van der Waals surface area (Å²) in [6, 6.07) is 18.5. The van der Waals surface area contributed by atoms with E-state index >= 15 is 0 Å². The van der Waals surface area contributed by atoms with E-state index in [9.17, 15) is 14.4 Å². The van der Waals surface area contributed by atoms with Crippen LogP contribution in [0.3, 0.4) is 0 Å². The molecule has 39 heavy (non-hydrogen) atoms. The topological polar surface area (TPSA) is 132 Å². The second-order valence-corrected chi connectivity index (χ2v) is 8.72. The van der Waals surface area contributed by atoms with Gasteiger partial charge in [0.05, 0.1) is 22.2 Å². The lowest BCUT2D eigenvalue weighted by atomic mass is 9.98. The van der Waals surface area contributed by atoms with Gasteiger partial charge >= 0.3 is 6.01 Å². The highest BCUT2D eigenvalue weighted by Crippen LogP contribution is 2.43. The molecule has 0 atom stereocenters. The predicted molar refractivity (Wildman–Crippen MR) is 146 cm³/mol. The number of fused-ring (bicyclic) bond motifs is 1. The van der Waals surface area contributed by atoms with Crippen LogP contribution in [0.2, 0.25) is 0 Å². The second kappa shape index (κ2) is 10.1. The van der Waals surface area contributed by atoms with Crippen LogP contribution >= 0.6 is 0 Å². The van der Waals surface area contributed by atoms with Crippen LogP contribution in [0.4, 0.5) is 15.9 Å². The van der Waals surface area contributed by atoms with Crippen LogP contribution in [0.15, 0.2) is 79.4 Å². The van der Waals surface area contributed by atoms with Crippen LogP contribution in [0, 0.1) is 18.3 Å². The highest BCUT2D eigenvalue weighted by atomic mass is 19.1. The van der Waals surface area contributed by atoms with Gasteiger partial charge in [-0.15, -0.1) is 0 Å². The lowest BCUT2D eigenvalue weighted by molar-refractivity contribution is -0.114. The number of rotatable bonds is 6. The molecule has 1 amide bonds. The van der Waals surface area contributed by atoms with E-state index in [0.29, 0.717) is 27.9 Å². The molecule has 0 aliphatic heterocycles. The Bertz CT molecular complexity index is 1790. The number of nitriles is 1. The summed E-state index contributed by atoms with van der Waals surface area (Å²) in [6.45, 7) is 4.87. The molecule has 2 aromatic carbocycles. The third kappa shape index (κ3) is 4.76. The van der Waals surface area contributed by atoms with Crippen molar-refractivity contribution in [1.82, 2.24) is 19.5 Å². The van der Waals surface area contributed by atoms with Crippen LogP contribution in [0.25, 0.3) is 33.3 Å². The minimum atomic E-state index is -1.08. The molecule has 0 aliphatic carbocycles. The van der Waals surface area contributed by atoms with E-state index in [1.807, 2.05) is 30.7 Å². The van der Waals surface area contributed by atoms with Gasteiger partial charge in [-0.25, -0.2) is 19.3 Å². The molecule has 0 unspecified atom stereocenters. The SMILES string of the molecule is C=C(F)C(=O)Nc1ccc(-c2c(-c3ccc(Oc4nccc(C)n4)cc3)c3c(N)ncc(C#N)c3n2C)cc1. The number of ether oxygens (including phenoxy) is 1. The maximum atomic E-state index is 13.1. The Hall–Kier alpha value is -5.56. The number of pyridine rings is 1. The monoisotopic (exact) mass is 519 g/mol. The molecule has 3 heterocycles. The number of benzene rings is 2. The molecule has 192 valence electrons. The molecule has 5 rings (SSSR count). The zero-order chi connectivity index (χ0) is 27.7. The van der Waals surface area contributed by atoms with Gasteiger partial charge < -0.3 is 20.4 Å². The van der Waals surface area contributed by atoms with Crippen molar-refractivity contribution in [1.29, 1.82) is 5.26 Å². The zero-order valence-electron chi connectivity index (χ0n) is 21.1. The van der Waals surface area contributed by atoms with Crippen LogP contribution in [-0.4, -0.2) is 25.4 Å². The van der Waals surface area contributed by atoms with Gasteiger partial charge in [-0.1, -0.05) is 30.8 Å². The number of amides is 1. The number of aromatic nitrogens is 4. The number of carbonyl (C=O) groups excluding carboxylic acids is 1. The van der Waals surface area contributed by atoms with Crippen LogP contribution < -0.4 is 15.8 Å². The van der Waals surface area contributed by atoms with Gasteiger partial charge in [0.2, 0.25) is 0 Å². The van der Waals surface area contributed by atoms with Crippen LogP contribution in [-0.2, 0) is 11.8 Å². The van der Waals surface area contributed by atoms with Crippen LogP contribution in [0.5, 0.6) is 11.8 Å². The van der Waals surface area contributed by atoms with E-state index in [0.717, 1.165) is 28.1 Å². The van der Waals surface area contributed by atoms with Crippen molar-refractivity contribution in [2.75, 3.05) is 11.1 Å². The van der Waals surface area contributed by atoms with Gasteiger partial charge in [-0.05, 0) is 48.4 Å². The molecular weight excluding hydrogens is 497 g/mol. The van der Waals surface area contributed by atoms with Crippen molar-refractivity contribution in [3.63, 3.8) is 0 Å². The summed E-state index contributed by atoms with van der Waals surface area (Å²) in [6.07, 6.45) is 3.08. The lowest BCUT2D eigenvalue weighted by Gasteiger charge is -2.11. The predicted octanol–water partition coefficient (Wildman–Crippen LogP) is 5.67. The molecule has 0 bridgehead atoms. The Morgan fingerprint density at radius 3 is 2.44 bits per heavy atom.